The van der Waals surface area contributed by atoms with Crippen LogP contribution < -0.4 is 10.6 Å². The quantitative estimate of drug-likeness (QED) is 0.713. The zero-order chi connectivity index (χ0) is 10.4. The molecule has 0 heterocycles. The average Bonchev–Trinajstić information content (AvgIpc) is 2.18. The van der Waals surface area contributed by atoms with Gasteiger partial charge in [-0.15, -0.1) is 0 Å². The first-order chi connectivity index (χ1) is 6.74. The Morgan fingerprint density at radius 1 is 1.43 bits per heavy atom. The van der Waals surface area contributed by atoms with Crippen LogP contribution >= 0.6 is 11.6 Å². The number of halogens is 1. The number of amides is 2. The normalized spacial score (nSPS) is 9.57. The van der Waals surface area contributed by atoms with Crippen LogP contribution in [0.25, 0.3) is 0 Å². The van der Waals surface area contributed by atoms with Crippen LogP contribution in [0.5, 0.6) is 0 Å². The summed E-state index contributed by atoms with van der Waals surface area (Å²) in [5, 5.41) is 13.9. The molecule has 76 valence electrons. The Hall–Kier alpha value is -1.26. The Kier molecular flexibility index (Phi) is 4.22. The molecule has 0 unspecified atom stereocenters. The molecular weight excluding hydrogens is 204 g/mol. The maximum atomic E-state index is 11.1. The van der Waals surface area contributed by atoms with Crippen molar-refractivity contribution in [3.8, 4) is 0 Å². The number of anilines is 1. The van der Waals surface area contributed by atoms with Crippen molar-refractivity contribution >= 4 is 23.3 Å². The van der Waals surface area contributed by atoms with E-state index >= 15 is 0 Å². The van der Waals surface area contributed by atoms with Gasteiger partial charge < -0.3 is 15.7 Å². The third kappa shape index (κ3) is 3.24. The van der Waals surface area contributed by atoms with Crippen molar-refractivity contribution in [3.63, 3.8) is 0 Å². The topological polar surface area (TPSA) is 61.4 Å². The standard InChI is InChI=1S/C9H11ClN2O2/c10-7-3-1-2-4-8(7)12-9(14)11-5-6-13/h1-4,13H,5-6H2,(H2,11,12,14). The van der Waals surface area contributed by atoms with E-state index in [-0.39, 0.29) is 19.2 Å². The molecule has 14 heavy (non-hydrogen) atoms. The largest absolute Gasteiger partial charge is 0.395 e. The van der Waals surface area contributed by atoms with Crippen LogP contribution in [-0.2, 0) is 0 Å². The van der Waals surface area contributed by atoms with Crippen LogP contribution in [0.2, 0.25) is 5.02 Å². The van der Waals surface area contributed by atoms with Gasteiger partial charge in [-0.3, -0.25) is 0 Å². The van der Waals surface area contributed by atoms with E-state index in [2.05, 4.69) is 10.6 Å². The van der Waals surface area contributed by atoms with Crippen molar-refractivity contribution in [1.29, 1.82) is 0 Å². The highest BCUT2D eigenvalue weighted by Crippen LogP contribution is 2.19. The lowest BCUT2D eigenvalue weighted by Gasteiger charge is -2.07. The van der Waals surface area contributed by atoms with Gasteiger partial charge in [0.05, 0.1) is 17.3 Å². The second-order valence-electron chi connectivity index (χ2n) is 2.58. The highest BCUT2D eigenvalue weighted by molar-refractivity contribution is 6.33. The summed E-state index contributed by atoms with van der Waals surface area (Å²) in [6.07, 6.45) is 0. The van der Waals surface area contributed by atoms with Crippen LogP contribution in [0.3, 0.4) is 0 Å². The Morgan fingerprint density at radius 3 is 2.79 bits per heavy atom. The molecule has 1 aromatic carbocycles. The second-order valence-corrected chi connectivity index (χ2v) is 2.99. The second kappa shape index (κ2) is 5.47. The molecular formula is C9H11ClN2O2. The van der Waals surface area contributed by atoms with E-state index in [1.54, 1.807) is 24.3 Å². The van der Waals surface area contributed by atoms with Crippen LogP contribution in [0, 0.1) is 0 Å². The Morgan fingerprint density at radius 2 is 2.14 bits per heavy atom. The van der Waals surface area contributed by atoms with Crippen molar-refractivity contribution in [2.24, 2.45) is 0 Å². The van der Waals surface area contributed by atoms with Crippen molar-refractivity contribution in [2.45, 2.75) is 0 Å². The van der Waals surface area contributed by atoms with Gasteiger partial charge >= 0.3 is 6.03 Å². The summed E-state index contributed by atoms with van der Waals surface area (Å²) in [5.41, 5.74) is 0.546. The van der Waals surface area contributed by atoms with E-state index in [0.717, 1.165) is 0 Å². The van der Waals surface area contributed by atoms with Crippen molar-refractivity contribution < 1.29 is 9.90 Å². The van der Waals surface area contributed by atoms with Crippen LogP contribution in [0.15, 0.2) is 24.3 Å². The van der Waals surface area contributed by atoms with E-state index in [0.29, 0.717) is 10.7 Å². The molecule has 5 heteroatoms. The fraction of sp³-hybridized carbons (Fsp3) is 0.222. The maximum absolute atomic E-state index is 11.1. The lowest BCUT2D eigenvalue weighted by molar-refractivity contribution is 0.245. The zero-order valence-corrected chi connectivity index (χ0v) is 8.21. The predicted octanol–water partition coefficient (Wildman–Crippen LogP) is 1.45. The number of urea groups is 1. The lowest BCUT2D eigenvalue weighted by Crippen LogP contribution is -2.31. The molecule has 0 bridgehead atoms. The minimum Gasteiger partial charge on any atom is -0.395 e. The summed E-state index contributed by atoms with van der Waals surface area (Å²) >= 11 is 5.81. The van der Waals surface area contributed by atoms with E-state index < -0.39 is 0 Å². The summed E-state index contributed by atoms with van der Waals surface area (Å²) in [6, 6.07) is 6.55. The number of hydrogen-bond acceptors (Lipinski definition) is 2. The maximum Gasteiger partial charge on any atom is 0.319 e. The lowest BCUT2D eigenvalue weighted by atomic mass is 10.3. The number of rotatable bonds is 3. The fourth-order valence-electron chi connectivity index (χ4n) is 0.899. The fourth-order valence-corrected chi connectivity index (χ4v) is 1.08. The molecule has 0 fully saturated rings. The first kappa shape index (κ1) is 10.8. The first-order valence-electron chi connectivity index (χ1n) is 4.14. The molecule has 1 rings (SSSR count). The van der Waals surface area contributed by atoms with E-state index in [1.807, 2.05) is 0 Å². The molecule has 0 aliphatic heterocycles. The number of para-hydroxylation sites is 1. The Balaban J connectivity index is 2.52. The summed E-state index contributed by atoms with van der Waals surface area (Å²) in [5.74, 6) is 0. The van der Waals surface area contributed by atoms with E-state index in [4.69, 9.17) is 16.7 Å². The minimum absolute atomic E-state index is 0.0874. The third-order valence-corrected chi connectivity index (χ3v) is 1.85. The molecule has 1 aromatic rings. The molecule has 2 amide bonds. The number of hydrogen-bond donors (Lipinski definition) is 3. The number of aliphatic hydroxyl groups excluding tert-OH is 1. The summed E-state index contributed by atoms with van der Waals surface area (Å²) < 4.78 is 0. The number of carbonyl (C=O) groups is 1. The number of carbonyl (C=O) groups excluding carboxylic acids is 1. The molecule has 0 radical (unpaired) electrons. The molecule has 0 spiro atoms. The Bertz CT molecular complexity index is 317. The smallest absolute Gasteiger partial charge is 0.319 e. The number of benzene rings is 1. The SMILES string of the molecule is O=C(NCCO)Nc1ccccc1Cl. The molecule has 0 atom stereocenters. The number of nitrogens with one attached hydrogen (secondary N) is 2. The van der Waals surface area contributed by atoms with E-state index in [9.17, 15) is 4.79 Å². The van der Waals surface area contributed by atoms with Crippen molar-refractivity contribution in [1.82, 2.24) is 5.32 Å². The van der Waals surface area contributed by atoms with Crippen LogP contribution in [0.1, 0.15) is 0 Å². The monoisotopic (exact) mass is 214 g/mol. The van der Waals surface area contributed by atoms with Crippen molar-refractivity contribution in [3.05, 3.63) is 29.3 Å². The van der Waals surface area contributed by atoms with Gasteiger partial charge in [-0.05, 0) is 12.1 Å². The first-order valence-corrected chi connectivity index (χ1v) is 4.52. The molecule has 4 nitrogen and oxygen atoms in total. The summed E-state index contributed by atoms with van der Waals surface area (Å²) in [6.45, 7) is 0.131. The Labute approximate surface area is 86.9 Å². The minimum atomic E-state index is -0.382. The highest BCUT2D eigenvalue weighted by atomic mass is 35.5. The average molecular weight is 215 g/mol. The molecule has 0 saturated carbocycles. The van der Waals surface area contributed by atoms with E-state index in [1.165, 1.54) is 0 Å². The van der Waals surface area contributed by atoms with Gasteiger partial charge in [0.1, 0.15) is 0 Å². The molecule has 0 aliphatic carbocycles. The van der Waals surface area contributed by atoms with Gasteiger partial charge in [0.25, 0.3) is 0 Å². The van der Waals surface area contributed by atoms with Gasteiger partial charge in [0.15, 0.2) is 0 Å². The summed E-state index contributed by atoms with van der Waals surface area (Å²) in [7, 11) is 0. The molecule has 3 N–H and O–H groups in total. The third-order valence-electron chi connectivity index (χ3n) is 1.52. The van der Waals surface area contributed by atoms with Gasteiger partial charge in [0, 0.05) is 6.54 Å². The van der Waals surface area contributed by atoms with Gasteiger partial charge in [0.2, 0.25) is 0 Å². The van der Waals surface area contributed by atoms with Gasteiger partial charge in [-0.2, -0.15) is 0 Å². The molecule has 0 aromatic heterocycles. The highest BCUT2D eigenvalue weighted by Gasteiger charge is 2.02. The molecule has 0 saturated heterocycles. The van der Waals surface area contributed by atoms with Gasteiger partial charge in [-0.1, -0.05) is 23.7 Å². The zero-order valence-electron chi connectivity index (χ0n) is 7.46. The predicted molar refractivity (Wildman–Crippen MR) is 55.6 cm³/mol. The number of aliphatic hydroxyl groups is 1. The van der Waals surface area contributed by atoms with Gasteiger partial charge in [-0.25, -0.2) is 4.79 Å². The van der Waals surface area contributed by atoms with Crippen molar-refractivity contribution in [2.75, 3.05) is 18.5 Å². The summed E-state index contributed by atoms with van der Waals surface area (Å²) in [4.78, 5) is 11.1. The molecule has 0 aliphatic rings. The van der Waals surface area contributed by atoms with Crippen LogP contribution in [0.4, 0.5) is 10.5 Å². The van der Waals surface area contributed by atoms with Crippen LogP contribution in [-0.4, -0.2) is 24.3 Å².